The molecule has 1 heterocycles. The van der Waals surface area contributed by atoms with Crippen molar-refractivity contribution in [2.75, 3.05) is 6.61 Å². The predicted octanol–water partition coefficient (Wildman–Crippen LogP) is 1.62. The smallest absolute Gasteiger partial charge is 0.108 e. The van der Waals surface area contributed by atoms with Crippen LogP contribution in [0.1, 0.15) is 33.0 Å². The molecular formula is C12H22N2O2. The third-order valence-electron chi connectivity index (χ3n) is 2.30. The molecule has 1 aromatic rings. The summed E-state index contributed by atoms with van der Waals surface area (Å²) in [5.41, 5.74) is 0. The lowest BCUT2D eigenvalue weighted by Gasteiger charge is -2.15. The van der Waals surface area contributed by atoms with Gasteiger partial charge in [-0.05, 0) is 20.3 Å². The third kappa shape index (κ3) is 4.33. The average Bonchev–Trinajstić information content (AvgIpc) is 2.63. The van der Waals surface area contributed by atoms with Gasteiger partial charge in [0.25, 0.3) is 0 Å². The fraction of sp³-hybridized carbons (Fsp3) is 0.750. The molecule has 0 saturated carbocycles. The highest BCUT2D eigenvalue weighted by Crippen LogP contribution is 2.03. The van der Waals surface area contributed by atoms with E-state index in [4.69, 9.17) is 4.74 Å². The zero-order valence-corrected chi connectivity index (χ0v) is 10.4. The van der Waals surface area contributed by atoms with E-state index in [0.29, 0.717) is 13.2 Å². The van der Waals surface area contributed by atoms with Crippen molar-refractivity contribution in [1.29, 1.82) is 0 Å². The Bertz CT molecular complexity index is 297. The van der Waals surface area contributed by atoms with Gasteiger partial charge in [0.1, 0.15) is 5.82 Å². The number of aryl methyl sites for hydroxylation is 1. The number of imidazole rings is 1. The van der Waals surface area contributed by atoms with Crippen molar-refractivity contribution >= 4 is 0 Å². The van der Waals surface area contributed by atoms with Gasteiger partial charge in [0.15, 0.2) is 0 Å². The minimum absolute atomic E-state index is 0.160. The van der Waals surface area contributed by atoms with E-state index in [9.17, 15) is 5.11 Å². The summed E-state index contributed by atoms with van der Waals surface area (Å²) in [7, 11) is 0. The first-order valence-corrected chi connectivity index (χ1v) is 5.93. The molecule has 0 fully saturated rings. The number of rotatable bonds is 7. The molecule has 92 valence electrons. The van der Waals surface area contributed by atoms with Gasteiger partial charge in [-0.1, -0.05) is 6.92 Å². The molecule has 0 aliphatic rings. The molecule has 4 heteroatoms. The predicted molar refractivity (Wildman–Crippen MR) is 63.3 cm³/mol. The lowest BCUT2D eigenvalue weighted by molar-refractivity contribution is -0.000990. The van der Waals surface area contributed by atoms with Crippen LogP contribution in [0.3, 0.4) is 0 Å². The van der Waals surface area contributed by atoms with E-state index >= 15 is 0 Å². The molecular weight excluding hydrogens is 204 g/mol. The molecule has 0 spiro atoms. The van der Waals surface area contributed by atoms with Crippen LogP contribution in [0.25, 0.3) is 0 Å². The standard InChI is InChI=1S/C12H22N2O2/c1-4-5-12-13-6-7-14(12)8-11(15)9-16-10(2)3/h6-7,10-11,15H,4-5,8-9H2,1-3H3. The second-order valence-electron chi connectivity index (χ2n) is 4.28. The van der Waals surface area contributed by atoms with Gasteiger partial charge in [0.2, 0.25) is 0 Å². The highest BCUT2D eigenvalue weighted by Gasteiger charge is 2.09. The summed E-state index contributed by atoms with van der Waals surface area (Å²) in [6.45, 7) is 6.99. The first-order valence-electron chi connectivity index (χ1n) is 5.93. The van der Waals surface area contributed by atoms with Crippen LogP contribution in [0.5, 0.6) is 0 Å². The largest absolute Gasteiger partial charge is 0.389 e. The van der Waals surface area contributed by atoms with Crippen molar-refractivity contribution in [3.63, 3.8) is 0 Å². The lowest BCUT2D eigenvalue weighted by Crippen LogP contribution is -2.24. The van der Waals surface area contributed by atoms with Crippen LogP contribution < -0.4 is 0 Å². The highest BCUT2D eigenvalue weighted by atomic mass is 16.5. The third-order valence-corrected chi connectivity index (χ3v) is 2.30. The van der Waals surface area contributed by atoms with Gasteiger partial charge in [0.05, 0.1) is 25.4 Å². The van der Waals surface area contributed by atoms with Crippen molar-refractivity contribution in [3.05, 3.63) is 18.2 Å². The van der Waals surface area contributed by atoms with Crippen LogP contribution in [0, 0.1) is 0 Å². The number of nitrogens with zero attached hydrogens (tertiary/aromatic N) is 2. The van der Waals surface area contributed by atoms with Gasteiger partial charge in [0, 0.05) is 18.8 Å². The molecule has 1 N–H and O–H groups in total. The molecule has 1 atom stereocenters. The maximum atomic E-state index is 9.79. The van der Waals surface area contributed by atoms with Gasteiger partial charge < -0.3 is 14.4 Å². The van der Waals surface area contributed by atoms with Crippen molar-refractivity contribution in [1.82, 2.24) is 9.55 Å². The molecule has 0 bridgehead atoms. The Morgan fingerprint density at radius 3 is 2.88 bits per heavy atom. The van der Waals surface area contributed by atoms with Gasteiger partial charge >= 0.3 is 0 Å². The highest BCUT2D eigenvalue weighted by molar-refractivity contribution is 4.92. The van der Waals surface area contributed by atoms with Gasteiger partial charge in [-0.3, -0.25) is 0 Å². The summed E-state index contributed by atoms with van der Waals surface area (Å²) in [5.74, 6) is 1.03. The minimum Gasteiger partial charge on any atom is -0.389 e. The number of aliphatic hydroxyl groups excluding tert-OH is 1. The Balaban J connectivity index is 2.42. The molecule has 16 heavy (non-hydrogen) atoms. The quantitative estimate of drug-likeness (QED) is 0.768. The molecule has 0 saturated heterocycles. The molecule has 1 unspecified atom stereocenters. The summed E-state index contributed by atoms with van der Waals surface area (Å²) < 4.78 is 7.37. The summed E-state index contributed by atoms with van der Waals surface area (Å²) in [6.07, 6.45) is 5.39. The Labute approximate surface area is 97.3 Å². The molecule has 1 aromatic heterocycles. The summed E-state index contributed by atoms with van der Waals surface area (Å²) >= 11 is 0. The van der Waals surface area contributed by atoms with E-state index in [2.05, 4.69) is 11.9 Å². The van der Waals surface area contributed by atoms with Gasteiger partial charge in [-0.25, -0.2) is 4.98 Å². The normalized spacial score (nSPS) is 13.3. The molecule has 0 radical (unpaired) electrons. The van der Waals surface area contributed by atoms with Crippen molar-refractivity contribution in [2.24, 2.45) is 0 Å². The zero-order valence-electron chi connectivity index (χ0n) is 10.4. The fourth-order valence-corrected chi connectivity index (χ4v) is 1.54. The Morgan fingerprint density at radius 1 is 1.50 bits per heavy atom. The minimum atomic E-state index is -0.466. The first kappa shape index (κ1) is 13.2. The molecule has 0 aliphatic carbocycles. The number of aliphatic hydroxyl groups is 1. The van der Waals surface area contributed by atoms with Gasteiger partial charge in [-0.2, -0.15) is 0 Å². The van der Waals surface area contributed by atoms with Crippen LogP contribution in [0.4, 0.5) is 0 Å². The summed E-state index contributed by atoms with van der Waals surface area (Å²) in [5, 5.41) is 9.79. The topological polar surface area (TPSA) is 47.3 Å². The van der Waals surface area contributed by atoms with Crippen LogP contribution >= 0.6 is 0 Å². The molecule has 0 amide bonds. The van der Waals surface area contributed by atoms with E-state index in [0.717, 1.165) is 18.7 Å². The molecule has 4 nitrogen and oxygen atoms in total. The number of aromatic nitrogens is 2. The van der Waals surface area contributed by atoms with Crippen molar-refractivity contribution < 1.29 is 9.84 Å². The van der Waals surface area contributed by atoms with Crippen molar-refractivity contribution in [3.8, 4) is 0 Å². The molecule has 1 rings (SSSR count). The Morgan fingerprint density at radius 2 is 2.25 bits per heavy atom. The van der Waals surface area contributed by atoms with E-state index in [1.165, 1.54) is 0 Å². The van der Waals surface area contributed by atoms with Crippen LogP contribution in [0.2, 0.25) is 0 Å². The average molecular weight is 226 g/mol. The van der Waals surface area contributed by atoms with Crippen LogP contribution in [-0.4, -0.2) is 33.5 Å². The van der Waals surface area contributed by atoms with Crippen molar-refractivity contribution in [2.45, 2.75) is 52.4 Å². The Kier molecular flexibility index (Phi) is 5.49. The number of ether oxygens (including phenoxy) is 1. The number of hydrogen-bond donors (Lipinski definition) is 1. The fourth-order valence-electron chi connectivity index (χ4n) is 1.54. The lowest BCUT2D eigenvalue weighted by atomic mass is 10.3. The van der Waals surface area contributed by atoms with E-state index in [1.807, 2.05) is 24.6 Å². The maximum Gasteiger partial charge on any atom is 0.108 e. The van der Waals surface area contributed by atoms with E-state index in [-0.39, 0.29) is 6.10 Å². The molecule has 0 aromatic carbocycles. The van der Waals surface area contributed by atoms with Gasteiger partial charge in [-0.15, -0.1) is 0 Å². The van der Waals surface area contributed by atoms with E-state index < -0.39 is 6.10 Å². The second kappa shape index (κ2) is 6.66. The number of hydrogen-bond acceptors (Lipinski definition) is 3. The zero-order chi connectivity index (χ0) is 12.0. The van der Waals surface area contributed by atoms with E-state index in [1.54, 1.807) is 6.20 Å². The maximum absolute atomic E-state index is 9.79. The Hall–Kier alpha value is -0.870. The van der Waals surface area contributed by atoms with Crippen LogP contribution in [0.15, 0.2) is 12.4 Å². The monoisotopic (exact) mass is 226 g/mol. The second-order valence-corrected chi connectivity index (χ2v) is 4.28. The summed E-state index contributed by atoms with van der Waals surface area (Å²) in [6, 6.07) is 0. The first-order chi connectivity index (χ1) is 7.63. The SMILES string of the molecule is CCCc1nccn1CC(O)COC(C)C. The summed E-state index contributed by atoms with van der Waals surface area (Å²) in [4.78, 5) is 4.27. The van der Waals surface area contributed by atoms with Crippen LogP contribution in [-0.2, 0) is 17.7 Å². The molecule has 0 aliphatic heterocycles.